The quantitative estimate of drug-likeness (QED) is 0.101. The molecule has 0 aliphatic heterocycles. The van der Waals surface area contributed by atoms with Crippen molar-refractivity contribution in [3.8, 4) is 50.9 Å². The summed E-state index contributed by atoms with van der Waals surface area (Å²) >= 11 is 0. The van der Waals surface area contributed by atoms with Crippen molar-refractivity contribution >= 4 is 32.8 Å². The molecule has 10 aromatic rings. The van der Waals surface area contributed by atoms with Crippen molar-refractivity contribution in [2.45, 2.75) is 47.4 Å². The zero-order valence-electron chi connectivity index (χ0n) is 42.6. The van der Waals surface area contributed by atoms with Gasteiger partial charge in [0.05, 0.1) is 23.6 Å². The molecule has 0 atom stereocenters. The molecule has 0 bridgehead atoms. The average molecular weight is 1010 g/mol. The summed E-state index contributed by atoms with van der Waals surface area (Å²) in [7, 11) is 0. The van der Waals surface area contributed by atoms with E-state index in [0.29, 0.717) is 45.7 Å². The van der Waals surface area contributed by atoms with Crippen molar-refractivity contribution in [1.29, 1.82) is 0 Å². The molecule has 0 fully saturated rings. The molecule has 0 aliphatic carbocycles. The number of pyridine rings is 1. The van der Waals surface area contributed by atoms with E-state index in [1.807, 2.05) is 144 Å². The van der Waals surface area contributed by atoms with Gasteiger partial charge in [-0.25, -0.2) is 4.98 Å². The predicted molar refractivity (Wildman–Crippen MR) is 253 cm³/mol. The van der Waals surface area contributed by atoms with Gasteiger partial charge >= 0.3 is 0 Å². The number of benzene rings is 7. The second-order valence-electron chi connectivity index (χ2n) is 17.0. The standard InChI is InChI=1S/C57H48N4O.Pt/c1-39(2)32-40-16-13-19-43(33-40)48-24-15-23-47(42-17-7-6-8-18-42)56(48)60-38-59(52-26-11-12-27-53(52)60)44-20-14-21-45(35-44)62-46-28-29-50-49-22-9-10-25-51(49)61(54(50)36-46)55-34-41(30-31-58-55)37-57(3,4)5;/h6-31,33-34,39H,32,37H2,1-5H3;/q-2;/i6D,7D,8D,17D,18D,37D2;. The van der Waals surface area contributed by atoms with Gasteiger partial charge in [-0.2, -0.15) is 18.2 Å². The Kier molecular flexibility index (Phi) is 9.34. The number of para-hydroxylation sites is 4. The largest absolute Gasteiger partial charge is 0.510 e. The fourth-order valence-corrected chi connectivity index (χ4v) is 8.31. The van der Waals surface area contributed by atoms with Gasteiger partial charge in [-0.3, -0.25) is 4.57 Å². The minimum Gasteiger partial charge on any atom is -0.510 e. The molecule has 63 heavy (non-hydrogen) atoms. The summed E-state index contributed by atoms with van der Waals surface area (Å²) < 4.78 is 74.2. The van der Waals surface area contributed by atoms with Gasteiger partial charge in [0.25, 0.3) is 6.33 Å². The van der Waals surface area contributed by atoms with Gasteiger partial charge < -0.3 is 13.9 Å². The van der Waals surface area contributed by atoms with E-state index < -0.39 is 29.9 Å². The van der Waals surface area contributed by atoms with Gasteiger partial charge in [0.2, 0.25) is 0 Å². The van der Waals surface area contributed by atoms with E-state index in [0.717, 1.165) is 56.0 Å². The molecule has 3 aromatic heterocycles. The third-order valence-electron chi connectivity index (χ3n) is 10.7. The first-order chi connectivity index (χ1) is 33.0. The second kappa shape index (κ2) is 17.3. The van der Waals surface area contributed by atoms with Gasteiger partial charge in [-0.15, -0.1) is 29.7 Å². The summed E-state index contributed by atoms with van der Waals surface area (Å²) in [6.07, 6.45) is 4.50. The summed E-state index contributed by atoms with van der Waals surface area (Å²) in [4.78, 5) is 4.74. The Morgan fingerprint density at radius 2 is 1.44 bits per heavy atom. The van der Waals surface area contributed by atoms with Crippen molar-refractivity contribution in [3.63, 3.8) is 0 Å². The fraction of sp³-hybridized carbons (Fsp3) is 0.158. The Morgan fingerprint density at radius 3 is 2.25 bits per heavy atom. The monoisotopic (exact) mass is 1010 g/mol. The first-order valence-corrected chi connectivity index (χ1v) is 20.9. The van der Waals surface area contributed by atoms with Gasteiger partial charge in [-0.1, -0.05) is 155 Å². The summed E-state index contributed by atoms with van der Waals surface area (Å²) in [5.74, 6) is 1.85. The zero-order valence-corrected chi connectivity index (χ0v) is 37.8. The van der Waals surface area contributed by atoms with Gasteiger partial charge in [0.1, 0.15) is 5.82 Å². The van der Waals surface area contributed by atoms with Crippen LogP contribution in [0, 0.1) is 29.8 Å². The summed E-state index contributed by atoms with van der Waals surface area (Å²) in [6, 6.07) is 48.1. The molecule has 3 heterocycles. The van der Waals surface area contributed by atoms with Crippen LogP contribution < -0.4 is 9.30 Å². The minimum absolute atomic E-state index is 0. The van der Waals surface area contributed by atoms with Gasteiger partial charge in [0, 0.05) is 47.0 Å². The maximum atomic E-state index is 9.08. The molecule has 0 radical (unpaired) electrons. The summed E-state index contributed by atoms with van der Waals surface area (Å²) in [5, 5.41) is 1.94. The van der Waals surface area contributed by atoms with Crippen LogP contribution in [0.5, 0.6) is 11.5 Å². The fourth-order valence-electron chi connectivity index (χ4n) is 8.31. The molecule has 5 nitrogen and oxygen atoms in total. The summed E-state index contributed by atoms with van der Waals surface area (Å²) in [6.45, 7) is 10.0. The second-order valence-corrected chi connectivity index (χ2v) is 17.0. The predicted octanol–water partition coefficient (Wildman–Crippen LogP) is 13.7. The van der Waals surface area contributed by atoms with Crippen LogP contribution >= 0.6 is 0 Å². The number of aromatic nitrogens is 4. The van der Waals surface area contributed by atoms with Crippen LogP contribution in [0.15, 0.2) is 170 Å². The zero-order chi connectivity index (χ0) is 48.5. The van der Waals surface area contributed by atoms with Crippen LogP contribution in [0.4, 0.5) is 0 Å². The van der Waals surface area contributed by atoms with Crippen molar-refractivity contribution in [2.24, 2.45) is 11.3 Å². The third kappa shape index (κ3) is 8.38. The van der Waals surface area contributed by atoms with E-state index in [4.69, 9.17) is 19.3 Å². The SMILES string of the molecule is [2H]c1c([2H])c([2H])c(-c2cccc(-c3cccc(CC(C)C)c3)c2-[n+]2[c-]n(-c3[c-]c(Oc4[c-]c5c(cc4)c4ccccc4n5-c4cc(C([2H])([2H])C(C)(C)C)ccn4)ccc3)c3ccccc32)c([2H])c1[2H].[Pt]. The minimum atomic E-state index is -1.63. The van der Waals surface area contributed by atoms with Crippen LogP contribution in [0.2, 0.25) is 0 Å². The Balaban J connectivity index is 0.00000608. The molecule has 0 aliphatic rings. The molecular formula is C57H48N4OPt-2. The number of nitrogens with zero attached hydrogens (tertiary/aromatic N) is 4. The normalized spacial score (nSPS) is 13.5. The van der Waals surface area contributed by atoms with E-state index in [-0.39, 0.29) is 38.7 Å². The molecule has 0 amide bonds. The van der Waals surface area contributed by atoms with Crippen molar-refractivity contribution in [2.75, 3.05) is 0 Å². The molecule has 314 valence electrons. The van der Waals surface area contributed by atoms with E-state index in [1.54, 1.807) is 12.3 Å². The van der Waals surface area contributed by atoms with Crippen molar-refractivity contribution in [3.05, 3.63) is 199 Å². The van der Waals surface area contributed by atoms with Crippen molar-refractivity contribution in [1.82, 2.24) is 14.1 Å². The first-order valence-electron chi connectivity index (χ1n) is 24.4. The summed E-state index contributed by atoms with van der Waals surface area (Å²) in [5.41, 5.74) is 7.70. The third-order valence-corrected chi connectivity index (χ3v) is 10.7. The number of hydrogen-bond acceptors (Lipinski definition) is 2. The Labute approximate surface area is 394 Å². The number of fused-ring (bicyclic) bond motifs is 4. The number of rotatable bonds is 10. The molecule has 0 unspecified atom stereocenters. The molecule has 0 saturated heterocycles. The van der Waals surface area contributed by atoms with E-state index in [9.17, 15) is 0 Å². The maximum absolute atomic E-state index is 9.08. The molecule has 6 heteroatoms. The average Bonchev–Trinajstić information content (AvgIpc) is 3.88. The smallest absolute Gasteiger partial charge is 0.268 e. The maximum Gasteiger partial charge on any atom is 0.268 e. The van der Waals surface area contributed by atoms with Gasteiger partial charge in [0.15, 0.2) is 0 Å². The number of ether oxygens (including phenoxy) is 1. The van der Waals surface area contributed by atoms with Crippen LogP contribution in [0.3, 0.4) is 0 Å². The van der Waals surface area contributed by atoms with E-state index in [1.165, 1.54) is 0 Å². The van der Waals surface area contributed by atoms with Crippen LogP contribution in [0.25, 0.3) is 72.3 Å². The molecule has 7 aromatic carbocycles. The molecule has 0 saturated carbocycles. The van der Waals surface area contributed by atoms with Crippen molar-refractivity contribution < 1.29 is 40.0 Å². The first kappa shape index (κ1) is 34.0. The number of hydrogen-bond donors (Lipinski definition) is 0. The van der Waals surface area contributed by atoms with Crippen LogP contribution in [-0.2, 0) is 33.9 Å². The van der Waals surface area contributed by atoms with E-state index >= 15 is 0 Å². The molecule has 10 rings (SSSR count). The van der Waals surface area contributed by atoms with Gasteiger partial charge in [-0.05, 0) is 86.8 Å². The topological polar surface area (TPSA) is 35.9 Å². The number of imidazole rings is 1. The Bertz CT molecular complexity index is 3620. The molecular weight excluding hydrogens is 952 g/mol. The van der Waals surface area contributed by atoms with Crippen LogP contribution in [-0.4, -0.2) is 14.1 Å². The Hall–Kier alpha value is -6.55. The van der Waals surface area contributed by atoms with Crippen LogP contribution in [0.1, 0.15) is 55.3 Å². The Morgan fingerprint density at radius 1 is 0.714 bits per heavy atom. The van der Waals surface area contributed by atoms with E-state index in [2.05, 4.69) is 50.5 Å². The molecule has 0 N–H and O–H groups in total. The molecule has 0 spiro atoms.